The molecule has 0 bridgehead atoms. The average molecular weight is 445 g/mol. The highest BCUT2D eigenvalue weighted by atomic mass is 32.1. The van der Waals surface area contributed by atoms with Crippen molar-refractivity contribution in [3.05, 3.63) is 94.8 Å². The van der Waals surface area contributed by atoms with E-state index in [4.69, 9.17) is 17.0 Å². The third kappa shape index (κ3) is 5.12. The van der Waals surface area contributed by atoms with E-state index in [-0.39, 0.29) is 12.3 Å². The molecule has 0 fully saturated rings. The van der Waals surface area contributed by atoms with Crippen LogP contribution >= 0.6 is 12.2 Å². The summed E-state index contributed by atoms with van der Waals surface area (Å²) in [7, 11) is 1.63. The van der Waals surface area contributed by atoms with Gasteiger partial charge in [-0.3, -0.25) is 14.5 Å². The van der Waals surface area contributed by atoms with Gasteiger partial charge >= 0.3 is 0 Å². The van der Waals surface area contributed by atoms with E-state index in [9.17, 15) is 4.79 Å². The zero-order valence-electron chi connectivity index (χ0n) is 17.7. The van der Waals surface area contributed by atoms with Gasteiger partial charge in [0.1, 0.15) is 5.75 Å². The molecule has 6 nitrogen and oxygen atoms in total. The number of ether oxygens (including phenoxy) is 1. The quantitative estimate of drug-likeness (QED) is 0.365. The number of H-pyrrole nitrogens is 1. The minimum atomic E-state index is -0.0747. The SMILES string of the molecule is COc1ccc(-c2n[nH]c(=S)n2CCC(=O)Nc2ccccc2Cc2ccccc2)cc1. The molecule has 0 unspecified atom stereocenters. The summed E-state index contributed by atoms with van der Waals surface area (Å²) in [6, 6.07) is 25.7. The molecule has 0 aliphatic heterocycles. The Bertz CT molecular complexity index is 1250. The van der Waals surface area contributed by atoms with E-state index in [1.165, 1.54) is 5.56 Å². The third-order valence-electron chi connectivity index (χ3n) is 5.20. The molecule has 1 heterocycles. The Kier molecular flexibility index (Phi) is 6.77. The molecule has 2 N–H and O–H groups in total. The number of anilines is 1. The smallest absolute Gasteiger partial charge is 0.226 e. The number of carbonyl (C=O) groups is 1. The van der Waals surface area contributed by atoms with Crippen molar-refractivity contribution in [1.82, 2.24) is 14.8 Å². The number of rotatable bonds is 8. The maximum atomic E-state index is 12.7. The summed E-state index contributed by atoms with van der Waals surface area (Å²) >= 11 is 5.39. The van der Waals surface area contributed by atoms with Crippen LogP contribution in [0.3, 0.4) is 0 Å². The van der Waals surface area contributed by atoms with Crippen molar-refractivity contribution in [3.8, 4) is 17.1 Å². The Morgan fingerprint density at radius 3 is 2.50 bits per heavy atom. The number of nitrogens with zero attached hydrogens (tertiary/aromatic N) is 2. The first kappa shape index (κ1) is 21.5. The third-order valence-corrected chi connectivity index (χ3v) is 5.51. The highest BCUT2D eigenvalue weighted by Gasteiger charge is 2.12. The van der Waals surface area contributed by atoms with E-state index >= 15 is 0 Å². The van der Waals surface area contributed by atoms with Gasteiger partial charge in [-0.25, -0.2) is 0 Å². The van der Waals surface area contributed by atoms with Crippen LogP contribution in [0.1, 0.15) is 17.5 Å². The summed E-state index contributed by atoms with van der Waals surface area (Å²) in [6.07, 6.45) is 1.03. The summed E-state index contributed by atoms with van der Waals surface area (Å²) in [4.78, 5) is 12.7. The van der Waals surface area contributed by atoms with Crippen molar-refractivity contribution in [1.29, 1.82) is 0 Å². The minimum absolute atomic E-state index is 0.0747. The second kappa shape index (κ2) is 10.1. The van der Waals surface area contributed by atoms with Gasteiger partial charge in [-0.2, -0.15) is 5.10 Å². The molecule has 4 rings (SSSR count). The molecular weight excluding hydrogens is 420 g/mol. The molecule has 4 aromatic rings. The van der Waals surface area contributed by atoms with Crippen LogP contribution in [0, 0.1) is 4.77 Å². The molecule has 32 heavy (non-hydrogen) atoms. The lowest BCUT2D eigenvalue weighted by molar-refractivity contribution is -0.116. The van der Waals surface area contributed by atoms with Crippen molar-refractivity contribution < 1.29 is 9.53 Å². The van der Waals surface area contributed by atoms with Gasteiger partial charge in [-0.1, -0.05) is 48.5 Å². The van der Waals surface area contributed by atoms with E-state index in [0.717, 1.165) is 29.0 Å². The molecule has 1 aromatic heterocycles. The van der Waals surface area contributed by atoms with Gasteiger partial charge in [-0.05, 0) is 60.1 Å². The molecule has 1 amide bonds. The minimum Gasteiger partial charge on any atom is -0.497 e. The number of nitrogens with one attached hydrogen (secondary N) is 2. The number of benzene rings is 3. The van der Waals surface area contributed by atoms with Gasteiger partial charge < -0.3 is 10.1 Å². The fourth-order valence-electron chi connectivity index (χ4n) is 3.52. The van der Waals surface area contributed by atoms with Gasteiger partial charge in [0.2, 0.25) is 5.91 Å². The van der Waals surface area contributed by atoms with Gasteiger partial charge in [0.25, 0.3) is 0 Å². The molecule has 162 valence electrons. The molecule has 0 spiro atoms. The van der Waals surface area contributed by atoms with Crippen LogP contribution in [0.15, 0.2) is 78.9 Å². The molecule has 7 heteroatoms. The summed E-state index contributed by atoms with van der Waals surface area (Å²) in [6.45, 7) is 0.420. The number of methoxy groups -OCH3 is 1. The Hall–Kier alpha value is -3.71. The van der Waals surface area contributed by atoms with E-state index in [1.54, 1.807) is 7.11 Å². The van der Waals surface area contributed by atoms with Crippen molar-refractivity contribution in [2.24, 2.45) is 0 Å². The van der Waals surface area contributed by atoms with Crippen molar-refractivity contribution in [2.45, 2.75) is 19.4 Å². The predicted molar refractivity (Wildman–Crippen MR) is 128 cm³/mol. The lowest BCUT2D eigenvalue weighted by Crippen LogP contribution is -2.16. The summed E-state index contributed by atoms with van der Waals surface area (Å²) < 4.78 is 7.53. The van der Waals surface area contributed by atoms with Gasteiger partial charge in [0.15, 0.2) is 10.6 Å². The molecule has 3 aromatic carbocycles. The van der Waals surface area contributed by atoms with Gasteiger partial charge in [0.05, 0.1) is 7.11 Å². The summed E-state index contributed by atoms with van der Waals surface area (Å²) in [5.41, 5.74) is 3.99. The highest BCUT2D eigenvalue weighted by Crippen LogP contribution is 2.22. The highest BCUT2D eigenvalue weighted by molar-refractivity contribution is 7.71. The number of aromatic nitrogens is 3. The number of amides is 1. The second-order valence-electron chi connectivity index (χ2n) is 7.35. The number of aromatic amines is 1. The van der Waals surface area contributed by atoms with Crippen LogP contribution in [0.5, 0.6) is 5.75 Å². The van der Waals surface area contributed by atoms with Crippen LogP contribution in [0.4, 0.5) is 5.69 Å². The van der Waals surface area contributed by atoms with Crippen LogP contribution in [-0.2, 0) is 17.8 Å². The molecule has 0 atom stereocenters. The van der Waals surface area contributed by atoms with E-state index in [0.29, 0.717) is 17.1 Å². The number of carbonyl (C=O) groups excluding carboxylic acids is 1. The van der Waals surface area contributed by atoms with E-state index in [2.05, 4.69) is 27.6 Å². The number of hydrogen-bond acceptors (Lipinski definition) is 4. The Labute approximate surface area is 191 Å². The predicted octanol–water partition coefficient (Wildman–Crippen LogP) is 5.24. The Morgan fingerprint density at radius 2 is 1.75 bits per heavy atom. The van der Waals surface area contributed by atoms with Crippen LogP contribution in [0.2, 0.25) is 0 Å². The first-order valence-electron chi connectivity index (χ1n) is 10.4. The lowest BCUT2D eigenvalue weighted by atomic mass is 10.0. The molecule has 0 radical (unpaired) electrons. The van der Waals surface area contributed by atoms with Gasteiger partial charge in [-0.15, -0.1) is 0 Å². The maximum absolute atomic E-state index is 12.7. The zero-order chi connectivity index (χ0) is 22.3. The van der Waals surface area contributed by atoms with Crippen LogP contribution in [0.25, 0.3) is 11.4 Å². The van der Waals surface area contributed by atoms with Crippen LogP contribution in [-0.4, -0.2) is 27.8 Å². The zero-order valence-corrected chi connectivity index (χ0v) is 18.6. The molecular formula is C25H24N4O2S. The van der Waals surface area contributed by atoms with Crippen LogP contribution < -0.4 is 10.1 Å². The lowest BCUT2D eigenvalue weighted by Gasteiger charge is -2.12. The van der Waals surface area contributed by atoms with Crippen molar-refractivity contribution >= 4 is 23.8 Å². The number of hydrogen-bond donors (Lipinski definition) is 2. The fourth-order valence-corrected chi connectivity index (χ4v) is 3.75. The molecule has 0 aliphatic rings. The molecule has 0 aliphatic carbocycles. The normalized spacial score (nSPS) is 10.7. The fraction of sp³-hybridized carbons (Fsp3) is 0.160. The summed E-state index contributed by atoms with van der Waals surface area (Å²) in [5.74, 6) is 1.38. The number of para-hydroxylation sites is 1. The van der Waals surface area contributed by atoms with Crippen molar-refractivity contribution in [2.75, 3.05) is 12.4 Å². The van der Waals surface area contributed by atoms with E-state index < -0.39 is 0 Å². The Morgan fingerprint density at radius 1 is 1.03 bits per heavy atom. The first-order valence-corrected chi connectivity index (χ1v) is 10.8. The Balaban J connectivity index is 1.44. The molecule has 0 saturated heterocycles. The van der Waals surface area contributed by atoms with Crippen molar-refractivity contribution in [3.63, 3.8) is 0 Å². The standard InChI is InChI=1S/C25H24N4O2S/c1-31-21-13-11-19(12-14-21)24-27-28-25(32)29(24)16-15-23(30)26-22-10-6-5-9-20(22)17-18-7-3-2-4-8-18/h2-14H,15-17H2,1H3,(H,26,30)(H,28,32). The first-order chi connectivity index (χ1) is 15.6. The van der Waals surface area contributed by atoms with Gasteiger partial charge in [0, 0.05) is 24.2 Å². The summed E-state index contributed by atoms with van der Waals surface area (Å²) in [5, 5.41) is 10.2. The average Bonchev–Trinajstić information content (AvgIpc) is 3.20. The van der Waals surface area contributed by atoms with E-state index in [1.807, 2.05) is 71.3 Å². The topological polar surface area (TPSA) is 71.9 Å². The maximum Gasteiger partial charge on any atom is 0.226 e. The monoisotopic (exact) mass is 444 g/mol. The molecule has 0 saturated carbocycles. The second-order valence-corrected chi connectivity index (χ2v) is 7.74. The largest absolute Gasteiger partial charge is 0.497 e.